The third-order valence-electron chi connectivity index (χ3n) is 11.9. The summed E-state index contributed by atoms with van der Waals surface area (Å²) in [5.41, 5.74) is 0. The zero-order valence-electron chi connectivity index (χ0n) is 44.7. The number of aliphatic hydroxyl groups excluding tert-OH is 1. The molecule has 2 N–H and O–H groups in total. The molecule has 0 aliphatic rings. The molecule has 3 atom stereocenters. The van der Waals surface area contributed by atoms with Crippen LogP contribution in [0.5, 0.6) is 0 Å². The molecule has 0 aliphatic heterocycles. The number of phosphoric acid groups is 1. The zero-order chi connectivity index (χ0) is 51.3. The predicted molar refractivity (Wildman–Crippen MR) is 288 cm³/mol. The topological polar surface area (TPSA) is 155 Å². The van der Waals surface area contributed by atoms with Gasteiger partial charge in [-0.2, -0.15) is 0 Å². The summed E-state index contributed by atoms with van der Waals surface area (Å²) in [4.78, 5) is 48.4. The van der Waals surface area contributed by atoms with Gasteiger partial charge in [0.15, 0.2) is 6.10 Å². The molecule has 0 heterocycles. The van der Waals surface area contributed by atoms with E-state index in [2.05, 4.69) is 81.5 Å². The quantitative estimate of drug-likeness (QED) is 0.0197. The van der Waals surface area contributed by atoms with Crippen molar-refractivity contribution in [1.29, 1.82) is 0 Å². The minimum absolute atomic E-state index is 0.152. The maximum Gasteiger partial charge on any atom is 0.472 e. The van der Waals surface area contributed by atoms with Gasteiger partial charge in [-0.05, 0) is 83.5 Å². The van der Waals surface area contributed by atoms with Gasteiger partial charge in [0.05, 0.1) is 19.8 Å². The van der Waals surface area contributed by atoms with Crippen LogP contribution in [0.25, 0.3) is 0 Å². The SMILES string of the molecule is CC/C=C\C/C=C\C/C=C\C/C=C\CCCCCCCCC(=O)OC(COC(=O)CCCCCCCCCCCCC)COP(=O)(O)OCC(CO)OC(=O)CCCCCCC/C=C\CCCCCC. The highest BCUT2D eigenvalue weighted by atomic mass is 31.2. The second-order valence-electron chi connectivity index (χ2n) is 18.7. The number of allylic oxidation sites excluding steroid dienone is 10. The number of hydrogen-bond acceptors (Lipinski definition) is 10. The Hall–Kier alpha value is -2.82. The van der Waals surface area contributed by atoms with Crippen molar-refractivity contribution in [3.63, 3.8) is 0 Å². The maximum atomic E-state index is 12.9. The second-order valence-corrected chi connectivity index (χ2v) is 20.2. The van der Waals surface area contributed by atoms with Crippen LogP contribution in [0.15, 0.2) is 60.8 Å². The number of phosphoric ester groups is 1. The molecular weight excluding hydrogens is 904 g/mol. The summed E-state index contributed by atoms with van der Waals surface area (Å²) in [6.07, 6.45) is 56.1. The van der Waals surface area contributed by atoms with Gasteiger partial charge in [-0.1, -0.05) is 210 Å². The Morgan fingerprint density at radius 3 is 1.17 bits per heavy atom. The third kappa shape index (κ3) is 50.1. The first-order valence-electron chi connectivity index (χ1n) is 28.2. The highest BCUT2D eigenvalue weighted by molar-refractivity contribution is 7.47. The lowest BCUT2D eigenvalue weighted by Gasteiger charge is -2.21. The summed E-state index contributed by atoms with van der Waals surface area (Å²) in [6.45, 7) is 4.49. The van der Waals surface area contributed by atoms with Crippen LogP contribution >= 0.6 is 7.82 Å². The second kappa shape index (κ2) is 52.5. The van der Waals surface area contributed by atoms with Gasteiger partial charge in [-0.3, -0.25) is 23.4 Å². The van der Waals surface area contributed by atoms with Crippen LogP contribution < -0.4 is 0 Å². The van der Waals surface area contributed by atoms with Crippen molar-refractivity contribution >= 4 is 25.7 Å². The van der Waals surface area contributed by atoms with E-state index in [1.165, 1.54) is 70.6 Å². The van der Waals surface area contributed by atoms with Crippen molar-refractivity contribution < 1.29 is 52.2 Å². The molecule has 0 aliphatic carbocycles. The van der Waals surface area contributed by atoms with Gasteiger partial charge in [0.1, 0.15) is 12.7 Å². The smallest absolute Gasteiger partial charge is 0.462 e. The normalized spacial score (nSPS) is 13.8. The van der Waals surface area contributed by atoms with Crippen LogP contribution in [0.3, 0.4) is 0 Å². The summed E-state index contributed by atoms with van der Waals surface area (Å²) < 4.78 is 39.4. The van der Waals surface area contributed by atoms with Gasteiger partial charge in [-0.25, -0.2) is 4.57 Å². The summed E-state index contributed by atoms with van der Waals surface area (Å²) in [5.74, 6) is -1.48. The van der Waals surface area contributed by atoms with Crippen LogP contribution in [0, 0.1) is 0 Å². The van der Waals surface area contributed by atoms with Gasteiger partial charge in [0.2, 0.25) is 0 Å². The van der Waals surface area contributed by atoms with Crippen LogP contribution in [0.4, 0.5) is 0 Å². The van der Waals surface area contributed by atoms with Crippen LogP contribution in [-0.4, -0.2) is 66.5 Å². The van der Waals surface area contributed by atoms with E-state index in [-0.39, 0.29) is 25.9 Å². The lowest BCUT2D eigenvalue weighted by Crippen LogP contribution is -2.30. The fraction of sp³-hybridized carbons (Fsp3) is 0.776. The van der Waals surface area contributed by atoms with E-state index < -0.39 is 57.8 Å². The van der Waals surface area contributed by atoms with Gasteiger partial charge >= 0.3 is 25.7 Å². The molecule has 0 amide bonds. The predicted octanol–water partition coefficient (Wildman–Crippen LogP) is 16.4. The Balaban J connectivity index is 4.72. The molecule has 0 aromatic heterocycles. The number of hydrogen-bond donors (Lipinski definition) is 2. The summed E-state index contributed by atoms with van der Waals surface area (Å²) >= 11 is 0. The Bertz CT molecular complexity index is 1410. The minimum atomic E-state index is -4.75. The van der Waals surface area contributed by atoms with E-state index in [9.17, 15) is 28.9 Å². The molecule has 0 saturated carbocycles. The fourth-order valence-electron chi connectivity index (χ4n) is 7.64. The summed E-state index contributed by atoms with van der Waals surface area (Å²) in [5, 5.41) is 9.79. The Morgan fingerprint density at radius 2 is 0.743 bits per heavy atom. The molecule has 70 heavy (non-hydrogen) atoms. The molecule has 0 aromatic rings. The van der Waals surface area contributed by atoms with E-state index >= 15 is 0 Å². The molecule has 0 rings (SSSR count). The molecular formula is C58H103O11P. The van der Waals surface area contributed by atoms with Crippen molar-refractivity contribution in [2.24, 2.45) is 0 Å². The summed E-state index contributed by atoms with van der Waals surface area (Å²) in [7, 11) is -4.75. The molecule has 406 valence electrons. The molecule has 12 heteroatoms. The lowest BCUT2D eigenvalue weighted by atomic mass is 10.1. The van der Waals surface area contributed by atoms with Gasteiger partial charge in [0, 0.05) is 19.3 Å². The largest absolute Gasteiger partial charge is 0.472 e. The van der Waals surface area contributed by atoms with Crippen molar-refractivity contribution in [1.82, 2.24) is 0 Å². The van der Waals surface area contributed by atoms with Gasteiger partial charge in [-0.15, -0.1) is 0 Å². The molecule has 0 bridgehead atoms. The van der Waals surface area contributed by atoms with E-state index in [1.807, 2.05) is 0 Å². The van der Waals surface area contributed by atoms with Crippen molar-refractivity contribution in [2.75, 3.05) is 26.4 Å². The van der Waals surface area contributed by atoms with E-state index in [4.69, 9.17) is 23.3 Å². The summed E-state index contributed by atoms with van der Waals surface area (Å²) in [6, 6.07) is 0. The molecule has 0 spiro atoms. The Kier molecular flexibility index (Phi) is 50.4. The first-order chi connectivity index (χ1) is 34.2. The van der Waals surface area contributed by atoms with Crippen molar-refractivity contribution in [3.05, 3.63) is 60.8 Å². The molecule has 0 radical (unpaired) electrons. The van der Waals surface area contributed by atoms with Crippen LogP contribution in [0.1, 0.15) is 252 Å². The van der Waals surface area contributed by atoms with E-state index in [0.29, 0.717) is 19.3 Å². The number of esters is 3. The van der Waals surface area contributed by atoms with Crippen molar-refractivity contribution in [2.45, 2.75) is 264 Å². The van der Waals surface area contributed by atoms with E-state index in [0.717, 1.165) is 122 Å². The highest BCUT2D eigenvalue weighted by Crippen LogP contribution is 2.43. The first kappa shape index (κ1) is 67.2. The first-order valence-corrected chi connectivity index (χ1v) is 29.7. The van der Waals surface area contributed by atoms with Crippen LogP contribution in [0.2, 0.25) is 0 Å². The van der Waals surface area contributed by atoms with Crippen molar-refractivity contribution in [3.8, 4) is 0 Å². The monoisotopic (exact) mass is 1010 g/mol. The zero-order valence-corrected chi connectivity index (χ0v) is 45.6. The number of carbonyl (C=O) groups is 3. The number of carbonyl (C=O) groups excluding carboxylic acids is 3. The van der Waals surface area contributed by atoms with Gasteiger partial charge < -0.3 is 24.2 Å². The van der Waals surface area contributed by atoms with Crippen LogP contribution in [-0.2, 0) is 42.2 Å². The lowest BCUT2D eigenvalue weighted by molar-refractivity contribution is -0.161. The Labute approximate surface area is 427 Å². The number of aliphatic hydroxyl groups is 1. The minimum Gasteiger partial charge on any atom is -0.462 e. The number of rotatable bonds is 52. The molecule has 11 nitrogen and oxygen atoms in total. The average Bonchev–Trinajstić information content (AvgIpc) is 3.35. The number of unbranched alkanes of at least 4 members (excludes halogenated alkanes) is 25. The average molecular weight is 1010 g/mol. The van der Waals surface area contributed by atoms with E-state index in [1.54, 1.807) is 0 Å². The molecule has 0 aromatic carbocycles. The third-order valence-corrected chi connectivity index (χ3v) is 12.9. The fourth-order valence-corrected chi connectivity index (χ4v) is 8.42. The highest BCUT2D eigenvalue weighted by Gasteiger charge is 2.28. The molecule has 0 saturated heterocycles. The molecule has 3 unspecified atom stereocenters. The number of ether oxygens (including phenoxy) is 3. The standard InChI is InChI=1S/C58H103O11P/c1-4-7-10-13-16-19-22-24-25-26-27-28-29-31-34-37-40-43-46-49-58(62)69-55(51-65-56(60)47-44-41-38-35-32-21-18-15-12-9-6-3)53-67-70(63,64)66-52-54(50-59)68-57(61)48-45-42-39-36-33-30-23-20-17-14-11-8-5-2/h7,10,16,19-20,23-25,27-28,54-55,59H,4-6,8-9,11-15,17-18,21-22,26,29-53H2,1-3H3,(H,63,64)/b10-7-,19-16-,23-20-,25-24-,28-27-. The maximum absolute atomic E-state index is 12.9. The van der Waals surface area contributed by atoms with Gasteiger partial charge in [0.25, 0.3) is 0 Å². The Morgan fingerprint density at radius 1 is 0.414 bits per heavy atom. The molecule has 0 fully saturated rings.